The van der Waals surface area contributed by atoms with Gasteiger partial charge in [0.1, 0.15) is 17.5 Å². The summed E-state index contributed by atoms with van der Waals surface area (Å²) in [5, 5.41) is 4.91. The van der Waals surface area contributed by atoms with Crippen LogP contribution in [0.4, 0.5) is 26.3 Å². The topological polar surface area (TPSA) is 76.7 Å². The van der Waals surface area contributed by atoms with Gasteiger partial charge in [0.05, 0.1) is 13.0 Å². The van der Waals surface area contributed by atoms with E-state index in [4.69, 9.17) is 4.74 Å². The summed E-state index contributed by atoms with van der Waals surface area (Å²) in [6.07, 6.45) is -10.3. The first-order chi connectivity index (χ1) is 15.4. The highest BCUT2D eigenvalue weighted by molar-refractivity contribution is 5.97. The Morgan fingerprint density at radius 2 is 1.48 bits per heavy atom. The molecule has 0 saturated carbocycles. The summed E-state index contributed by atoms with van der Waals surface area (Å²) < 4.78 is 82.1. The van der Waals surface area contributed by atoms with Gasteiger partial charge in [-0.05, 0) is 42.0 Å². The standard InChI is InChI=1S/C21H20F6N2O4/c1-28-19(31)17(12-13-2-6-16(7-3-13)33-21(25,26)27)29-18(30)14-4-8-15(9-5-14)32-11-10-20(22,23)24/h2-9,17H,10-12H2,1H3,(H,28,31)(H,29,30). The summed E-state index contributed by atoms with van der Waals surface area (Å²) in [7, 11) is 1.36. The zero-order valence-corrected chi connectivity index (χ0v) is 17.2. The average molecular weight is 478 g/mol. The van der Waals surface area contributed by atoms with E-state index in [1.54, 1.807) is 0 Å². The molecule has 0 fully saturated rings. The largest absolute Gasteiger partial charge is 0.573 e. The lowest BCUT2D eigenvalue weighted by Gasteiger charge is -2.18. The van der Waals surface area contributed by atoms with Crippen molar-refractivity contribution in [1.29, 1.82) is 0 Å². The number of carbonyl (C=O) groups is 2. The van der Waals surface area contributed by atoms with Gasteiger partial charge in [0.2, 0.25) is 5.91 Å². The number of ether oxygens (including phenoxy) is 2. The van der Waals surface area contributed by atoms with Crippen molar-refractivity contribution in [2.75, 3.05) is 13.7 Å². The lowest BCUT2D eigenvalue weighted by molar-refractivity contribution is -0.274. The lowest BCUT2D eigenvalue weighted by Crippen LogP contribution is -2.47. The third kappa shape index (κ3) is 9.29. The van der Waals surface area contributed by atoms with E-state index in [9.17, 15) is 35.9 Å². The summed E-state index contributed by atoms with van der Waals surface area (Å²) in [5.74, 6) is -1.46. The van der Waals surface area contributed by atoms with Crippen molar-refractivity contribution in [3.05, 3.63) is 59.7 Å². The lowest BCUT2D eigenvalue weighted by atomic mass is 10.0. The van der Waals surface area contributed by atoms with Gasteiger partial charge in [0, 0.05) is 19.0 Å². The maximum atomic E-state index is 12.5. The summed E-state index contributed by atoms with van der Waals surface area (Å²) in [4.78, 5) is 24.7. The van der Waals surface area contributed by atoms with Gasteiger partial charge >= 0.3 is 12.5 Å². The first-order valence-electron chi connectivity index (χ1n) is 9.53. The van der Waals surface area contributed by atoms with Crippen molar-refractivity contribution >= 4 is 11.8 Å². The number of likely N-dealkylation sites (N-methyl/N-ethyl adjacent to an activating group) is 1. The highest BCUT2D eigenvalue weighted by atomic mass is 19.4. The maximum Gasteiger partial charge on any atom is 0.573 e. The first kappa shape index (κ1) is 25.8. The molecule has 33 heavy (non-hydrogen) atoms. The Balaban J connectivity index is 2.00. The number of amides is 2. The van der Waals surface area contributed by atoms with Crippen molar-refractivity contribution in [1.82, 2.24) is 10.6 Å². The number of nitrogens with one attached hydrogen (secondary N) is 2. The minimum absolute atomic E-state index is 0.0175. The van der Waals surface area contributed by atoms with E-state index < -0.39 is 49.2 Å². The predicted molar refractivity (Wildman–Crippen MR) is 105 cm³/mol. The van der Waals surface area contributed by atoms with Gasteiger partial charge in [-0.1, -0.05) is 12.1 Å². The molecule has 1 atom stereocenters. The molecule has 2 aromatic rings. The molecular weight excluding hydrogens is 458 g/mol. The molecule has 1 unspecified atom stereocenters. The Morgan fingerprint density at radius 3 is 2.00 bits per heavy atom. The molecule has 2 aromatic carbocycles. The number of hydrogen-bond acceptors (Lipinski definition) is 4. The van der Waals surface area contributed by atoms with Crippen LogP contribution in [0.1, 0.15) is 22.3 Å². The average Bonchev–Trinajstić information content (AvgIpc) is 2.72. The molecule has 0 aliphatic heterocycles. The second-order valence-corrected chi connectivity index (χ2v) is 6.77. The molecule has 12 heteroatoms. The molecule has 0 spiro atoms. The zero-order chi connectivity index (χ0) is 24.6. The second-order valence-electron chi connectivity index (χ2n) is 6.77. The van der Waals surface area contributed by atoms with Crippen LogP contribution in [0.15, 0.2) is 48.5 Å². The van der Waals surface area contributed by atoms with Crippen molar-refractivity contribution in [3.8, 4) is 11.5 Å². The molecular formula is C21H20F6N2O4. The fourth-order valence-electron chi connectivity index (χ4n) is 2.68. The Labute approximate surface area is 184 Å². The first-order valence-corrected chi connectivity index (χ1v) is 9.53. The summed E-state index contributed by atoms with van der Waals surface area (Å²) in [6, 6.07) is 9.07. The Morgan fingerprint density at radius 1 is 0.909 bits per heavy atom. The van der Waals surface area contributed by atoms with Crippen LogP contribution in [0, 0.1) is 0 Å². The minimum Gasteiger partial charge on any atom is -0.493 e. The molecule has 180 valence electrons. The van der Waals surface area contributed by atoms with Gasteiger partial charge in [0.15, 0.2) is 0 Å². The van der Waals surface area contributed by atoms with Gasteiger partial charge in [-0.25, -0.2) is 0 Å². The van der Waals surface area contributed by atoms with Crippen molar-refractivity contribution in [2.24, 2.45) is 0 Å². The molecule has 0 heterocycles. The van der Waals surface area contributed by atoms with Crippen molar-refractivity contribution in [2.45, 2.75) is 31.4 Å². The van der Waals surface area contributed by atoms with Crippen LogP contribution in [-0.2, 0) is 11.2 Å². The van der Waals surface area contributed by atoms with Gasteiger partial charge in [-0.3, -0.25) is 9.59 Å². The summed E-state index contributed by atoms with van der Waals surface area (Å²) in [6.45, 7) is -0.569. The smallest absolute Gasteiger partial charge is 0.493 e. The van der Waals surface area contributed by atoms with Gasteiger partial charge < -0.3 is 20.1 Å². The summed E-state index contributed by atoms with van der Waals surface area (Å²) in [5.41, 5.74) is 0.591. The highest BCUT2D eigenvalue weighted by Crippen LogP contribution is 2.23. The Bertz CT molecular complexity index is 928. The van der Waals surface area contributed by atoms with E-state index >= 15 is 0 Å². The molecule has 6 nitrogen and oxygen atoms in total. The van der Waals surface area contributed by atoms with Crippen molar-refractivity contribution < 1.29 is 45.4 Å². The van der Waals surface area contributed by atoms with E-state index in [1.165, 1.54) is 43.4 Å². The van der Waals surface area contributed by atoms with Crippen LogP contribution in [0.25, 0.3) is 0 Å². The molecule has 0 aliphatic rings. The molecule has 0 aliphatic carbocycles. The van der Waals surface area contributed by atoms with Crippen LogP contribution in [-0.4, -0.2) is 44.0 Å². The number of carbonyl (C=O) groups excluding carboxylic acids is 2. The zero-order valence-electron chi connectivity index (χ0n) is 17.2. The Kier molecular flexibility index (Phi) is 8.55. The minimum atomic E-state index is -4.83. The third-order valence-corrected chi connectivity index (χ3v) is 4.24. The number of benzene rings is 2. The van der Waals surface area contributed by atoms with Crippen LogP contribution >= 0.6 is 0 Å². The van der Waals surface area contributed by atoms with E-state index in [0.29, 0.717) is 5.56 Å². The SMILES string of the molecule is CNC(=O)C(Cc1ccc(OC(F)(F)F)cc1)NC(=O)c1ccc(OCCC(F)(F)F)cc1. The van der Waals surface area contributed by atoms with Crippen LogP contribution in [0.5, 0.6) is 11.5 Å². The third-order valence-electron chi connectivity index (χ3n) is 4.24. The second kappa shape index (κ2) is 10.9. The normalized spacial score (nSPS) is 12.6. The van der Waals surface area contributed by atoms with Gasteiger partial charge in [-0.15, -0.1) is 13.2 Å². The number of hydrogen-bond donors (Lipinski definition) is 2. The quantitative estimate of drug-likeness (QED) is 0.535. The number of halogens is 6. The van der Waals surface area contributed by atoms with E-state index in [0.717, 1.165) is 12.1 Å². The van der Waals surface area contributed by atoms with Crippen LogP contribution in [0.2, 0.25) is 0 Å². The fourth-order valence-corrected chi connectivity index (χ4v) is 2.68. The van der Waals surface area contributed by atoms with Gasteiger partial charge in [-0.2, -0.15) is 13.2 Å². The summed E-state index contributed by atoms with van der Waals surface area (Å²) >= 11 is 0. The highest BCUT2D eigenvalue weighted by Gasteiger charge is 2.31. The monoisotopic (exact) mass is 478 g/mol. The predicted octanol–water partition coefficient (Wildman–Crippen LogP) is 4.00. The number of rotatable bonds is 9. The molecule has 2 rings (SSSR count). The fraction of sp³-hybridized carbons (Fsp3) is 0.333. The van der Waals surface area contributed by atoms with E-state index in [1.807, 2.05) is 0 Å². The molecule has 0 saturated heterocycles. The van der Waals surface area contributed by atoms with Crippen LogP contribution in [0.3, 0.4) is 0 Å². The number of alkyl halides is 6. The molecule has 2 N–H and O–H groups in total. The molecule has 2 amide bonds. The maximum absolute atomic E-state index is 12.5. The molecule has 0 aromatic heterocycles. The van der Waals surface area contributed by atoms with E-state index in [2.05, 4.69) is 15.4 Å². The molecule has 0 radical (unpaired) electrons. The Hall–Kier alpha value is -3.44. The van der Waals surface area contributed by atoms with E-state index in [-0.39, 0.29) is 17.7 Å². The van der Waals surface area contributed by atoms with Crippen molar-refractivity contribution in [3.63, 3.8) is 0 Å². The van der Waals surface area contributed by atoms with Gasteiger partial charge in [0.25, 0.3) is 5.91 Å². The molecule has 0 bridgehead atoms. The van der Waals surface area contributed by atoms with Crippen LogP contribution < -0.4 is 20.1 Å².